The van der Waals surface area contributed by atoms with Crippen LogP contribution in [0.2, 0.25) is 0 Å². The van der Waals surface area contributed by atoms with Crippen molar-refractivity contribution >= 4 is 28.9 Å². The van der Waals surface area contributed by atoms with Crippen LogP contribution in [-0.2, 0) is 14.4 Å². The lowest BCUT2D eigenvalue weighted by Crippen LogP contribution is -2.33. The van der Waals surface area contributed by atoms with Crippen molar-refractivity contribution < 1.29 is 45.0 Å². The molecule has 0 aromatic carbocycles. The van der Waals surface area contributed by atoms with Crippen LogP contribution in [0.25, 0.3) is 0 Å². The Labute approximate surface area is 152 Å². The molecule has 0 rings (SSSR count). The van der Waals surface area contributed by atoms with E-state index in [1.807, 2.05) is 0 Å². The zero-order valence-corrected chi connectivity index (χ0v) is 15.0. The van der Waals surface area contributed by atoms with E-state index < -0.39 is 34.7 Å². The minimum atomic E-state index is -1.54. The van der Waals surface area contributed by atoms with E-state index in [0.717, 1.165) is 0 Å². The summed E-state index contributed by atoms with van der Waals surface area (Å²) in [5, 5.41) is 51.0. The van der Waals surface area contributed by atoms with Gasteiger partial charge in [0.15, 0.2) is 16.8 Å². The van der Waals surface area contributed by atoms with E-state index in [2.05, 4.69) is 0 Å². The van der Waals surface area contributed by atoms with Crippen molar-refractivity contribution in [3.05, 3.63) is 0 Å². The zero-order chi connectivity index (χ0) is 20.4. The van der Waals surface area contributed by atoms with Gasteiger partial charge in [0.1, 0.15) is 0 Å². The van der Waals surface area contributed by atoms with Gasteiger partial charge in [0.05, 0.1) is 0 Å². The second-order valence-electron chi connectivity index (χ2n) is 5.80. The van der Waals surface area contributed by atoms with E-state index in [9.17, 15) is 14.4 Å². The monoisotopic (exact) mass is 386 g/mol. The smallest absolute Gasteiger partial charge is 0.335 e. The molecule has 6 N–H and O–H groups in total. The summed E-state index contributed by atoms with van der Waals surface area (Å²) in [6.45, 7) is 8.68. The molecule has 0 saturated heterocycles. The fraction of sp³-hybridized carbons (Fsp3) is 0.800. The molecule has 0 aromatic rings. The number of hydrogen-bond acceptors (Lipinski definition) is 6. The number of carboxylic acids is 3. The average molecular weight is 387 g/mol. The van der Waals surface area contributed by atoms with E-state index in [4.69, 9.17) is 30.6 Å². The summed E-state index contributed by atoms with van der Waals surface area (Å²) in [5.74, 6) is -3.50. The van der Waals surface area contributed by atoms with Crippen LogP contribution in [0.4, 0.5) is 0 Å². The predicted octanol–water partition coefficient (Wildman–Crippen LogP) is -0.756. The molecule has 0 amide bonds. The Hall–Kier alpha value is -1.49. The van der Waals surface area contributed by atoms with Crippen LogP contribution in [0.5, 0.6) is 0 Å². The third-order valence-corrected chi connectivity index (χ3v) is 3.45. The molecule has 0 spiro atoms. The molecule has 0 aliphatic heterocycles. The summed E-state index contributed by atoms with van der Waals surface area (Å²) >= 11 is 0. The number of carbonyl (C=O) groups is 3. The minimum absolute atomic E-state index is 0. The molecule has 25 heavy (non-hydrogen) atoms. The highest BCUT2D eigenvalue weighted by Gasteiger charge is 2.27. The highest BCUT2D eigenvalue weighted by molar-refractivity contribution is 5.77. The van der Waals surface area contributed by atoms with Crippen LogP contribution >= 0.6 is 0 Å². The van der Waals surface area contributed by atoms with Crippen molar-refractivity contribution in [2.75, 3.05) is 0 Å². The van der Waals surface area contributed by atoms with Gasteiger partial charge in [0, 0.05) is 0 Å². The molecule has 0 bridgehead atoms. The molecule has 9 nitrogen and oxygen atoms in total. The normalized spacial score (nSPS) is 16.7. The fourth-order valence-electron chi connectivity index (χ4n) is 0.454. The molecule has 0 fully saturated rings. The average Bonchev–Trinajstić information content (AvgIpc) is 2.47. The molecule has 152 valence electrons. The van der Waals surface area contributed by atoms with Crippen molar-refractivity contribution in [3.8, 4) is 0 Å². The summed E-state index contributed by atoms with van der Waals surface area (Å²) in [7, 11) is 0. The van der Waals surface area contributed by atoms with Crippen LogP contribution in [0, 0.1) is 0 Å². The van der Waals surface area contributed by atoms with Crippen LogP contribution < -0.4 is 0 Å². The lowest BCUT2D eigenvalue weighted by Gasteiger charge is -2.13. The molecule has 0 aliphatic carbocycles. The molecule has 0 aromatic heterocycles. The van der Waals surface area contributed by atoms with Crippen LogP contribution in [-0.4, -0.2) is 76.3 Å². The molecular formula is C15H34O9Si. The van der Waals surface area contributed by atoms with E-state index in [0.29, 0.717) is 0 Å². The standard InChI is InChI=1S/3C5H10O3.H4Si/c3*1-3-5(2,8)4(6)7;/h3*8H,3H2,1-2H3,(H,6,7);1H4. The molecule has 10 heteroatoms. The van der Waals surface area contributed by atoms with Crippen LogP contribution in [0.3, 0.4) is 0 Å². The minimum Gasteiger partial charge on any atom is -0.479 e. The van der Waals surface area contributed by atoms with Gasteiger partial charge in [-0.15, -0.1) is 0 Å². The van der Waals surface area contributed by atoms with E-state index >= 15 is 0 Å². The molecule has 0 heterocycles. The van der Waals surface area contributed by atoms with Gasteiger partial charge in [-0.1, -0.05) is 20.8 Å². The van der Waals surface area contributed by atoms with E-state index in [-0.39, 0.29) is 30.2 Å². The zero-order valence-electron chi connectivity index (χ0n) is 15.0. The Balaban J connectivity index is -0.000000130. The lowest BCUT2D eigenvalue weighted by molar-refractivity contribution is -0.157. The van der Waals surface area contributed by atoms with Gasteiger partial charge in [-0.3, -0.25) is 0 Å². The highest BCUT2D eigenvalue weighted by Crippen LogP contribution is 2.07. The maximum Gasteiger partial charge on any atom is 0.335 e. The fourth-order valence-corrected chi connectivity index (χ4v) is 0.454. The topological polar surface area (TPSA) is 173 Å². The van der Waals surface area contributed by atoms with Crippen molar-refractivity contribution in [1.29, 1.82) is 0 Å². The van der Waals surface area contributed by atoms with Gasteiger partial charge in [0.25, 0.3) is 0 Å². The van der Waals surface area contributed by atoms with Crippen LogP contribution in [0.1, 0.15) is 60.8 Å². The first-order valence-corrected chi connectivity index (χ1v) is 7.39. The lowest BCUT2D eigenvalue weighted by atomic mass is 10.1. The van der Waals surface area contributed by atoms with E-state index in [1.165, 1.54) is 20.8 Å². The number of rotatable bonds is 6. The summed E-state index contributed by atoms with van der Waals surface area (Å²) in [4.78, 5) is 30.0. The first kappa shape index (κ1) is 31.3. The highest BCUT2D eigenvalue weighted by atomic mass is 28.1. The van der Waals surface area contributed by atoms with Gasteiger partial charge in [-0.2, -0.15) is 0 Å². The third-order valence-electron chi connectivity index (χ3n) is 3.45. The Kier molecular flexibility index (Phi) is 16.0. The summed E-state index contributed by atoms with van der Waals surface area (Å²) in [5.41, 5.74) is -4.62. The van der Waals surface area contributed by atoms with Crippen molar-refractivity contribution in [1.82, 2.24) is 0 Å². The molecule has 0 radical (unpaired) electrons. The second kappa shape index (κ2) is 12.8. The van der Waals surface area contributed by atoms with Gasteiger partial charge in [0.2, 0.25) is 0 Å². The number of hydrogen-bond donors (Lipinski definition) is 6. The van der Waals surface area contributed by atoms with Crippen molar-refractivity contribution in [2.24, 2.45) is 0 Å². The van der Waals surface area contributed by atoms with E-state index in [1.54, 1.807) is 20.8 Å². The van der Waals surface area contributed by atoms with Crippen LogP contribution in [0.15, 0.2) is 0 Å². The van der Waals surface area contributed by atoms with Gasteiger partial charge in [-0.05, 0) is 51.0 Å². The Morgan fingerprint density at radius 2 is 0.720 bits per heavy atom. The quantitative estimate of drug-likeness (QED) is 0.321. The third kappa shape index (κ3) is 14.5. The van der Waals surface area contributed by atoms with Gasteiger partial charge in [-0.25, -0.2) is 14.4 Å². The first-order chi connectivity index (χ1) is 10.5. The Morgan fingerprint density at radius 3 is 0.720 bits per heavy atom. The molecule has 0 aliphatic rings. The SMILES string of the molecule is CCC(C)(O)C(=O)O.CCC(C)(O)C(=O)O.CCC(C)(O)C(=O)O.[SiH4]. The maximum absolute atomic E-state index is 10.0. The maximum atomic E-state index is 10.0. The molecular weight excluding hydrogens is 352 g/mol. The van der Waals surface area contributed by atoms with Gasteiger partial charge < -0.3 is 30.6 Å². The van der Waals surface area contributed by atoms with Crippen molar-refractivity contribution in [2.45, 2.75) is 77.6 Å². The largest absolute Gasteiger partial charge is 0.479 e. The Morgan fingerprint density at radius 1 is 0.600 bits per heavy atom. The molecule has 0 saturated carbocycles. The summed E-state index contributed by atoms with van der Waals surface area (Å²) in [6.07, 6.45) is 0.715. The van der Waals surface area contributed by atoms with Crippen molar-refractivity contribution in [3.63, 3.8) is 0 Å². The van der Waals surface area contributed by atoms with Gasteiger partial charge >= 0.3 is 17.9 Å². The first-order valence-electron chi connectivity index (χ1n) is 7.39. The predicted molar refractivity (Wildman–Crippen MR) is 97.0 cm³/mol. The summed E-state index contributed by atoms with van der Waals surface area (Å²) < 4.78 is 0. The summed E-state index contributed by atoms with van der Waals surface area (Å²) in [6, 6.07) is 0. The number of aliphatic carboxylic acids is 3. The molecule has 3 atom stereocenters. The Bertz CT molecular complexity index is 355. The number of carboxylic acid groups (broad SMARTS) is 3. The molecule has 3 unspecified atom stereocenters. The number of aliphatic hydroxyl groups is 3. The second-order valence-corrected chi connectivity index (χ2v) is 5.80.